The molecule has 24 nitrogen and oxygen atoms in total. The summed E-state index contributed by atoms with van der Waals surface area (Å²) < 4.78 is 5.98. The normalized spacial score (nSPS) is 25.3. The van der Waals surface area contributed by atoms with E-state index in [2.05, 4.69) is 28.2 Å². The predicted molar refractivity (Wildman–Crippen MR) is 370 cm³/mol. The predicted octanol–water partition coefficient (Wildman–Crippen LogP) is 5.21. The van der Waals surface area contributed by atoms with E-state index in [9.17, 15) is 38.7 Å². The SMILES string of the molecule is [CH2-][C@@H]1C(=O)N(C)[C@@H](C[C-](C)C)C(=O)N[C@@H](C(C)C)C(=O)N(C)[C@@H](CC(C)C)C(=O)N[C@@H](C)C(=O)N[C@H](C)C(=O)N(C)[C@@H](CC(C)C)C(=O)N(C)[C@@H](CC(C)C)C(=O)N(C)[C@@H](C(C)C)C(=O)N(C)[C@@H]([C@H](O)[C@H](C)CCCOCc2ccc(C)cc2)C(=O)N[C@@H](CC)C(=O)N1C.[CH3-].[W+2].[Y]. The number of aliphatic hydroxyl groups is 1. The average Bonchev–Trinajstić information content (AvgIpc) is 0.823. The van der Waals surface area contributed by atoms with E-state index in [0.29, 0.717) is 26.1 Å². The second-order valence-electron chi connectivity index (χ2n) is 28.5. The Kier molecular flexibility index (Phi) is 42.4. The van der Waals surface area contributed by atoms with E-state index in [1.54, 1.807) is 55.4 Å². The van der Waals surface area contributed by atoms with Crippen molar-refractivity contribution in [1.82, 2.24) is 55.6 Å². The maximum Gasteiger partial charge on any atom is 2.00 e. The number of carbonyl (C=O) groups excluding carboxylic acids is 11. The summed E-state index contributed by atoms with van der Waals surface area (Å²) in [6.07, 6.45) is -0.343. The van der Waals surface area contributed by atoms with Crippen LogP contribution in [0.1, 0.15) is 167 Å². The number of likely N-dealkylation sites (N-methyl/N-ethyl adjacent to an activating group) is 7. The van der Waals surface area contributed by atoms with Crippen LogP contribution in [0.15, 0.2) is 24.3 Å². The molecule has 0 unspecified atom stereocenters. The monoisotopic (exact) mass is 1610 g/mol. The first-order chi connectivity index (χ1) is 43.5. The summed E-state index contributed by atoms with van der Waals surface area (Å²) in [5, 5.41) is 23.4. The van der Waals surface area contributed by atoms with Crippen LogP contribution in [-0.2, 0) is 118 Å². The second kappa shape index (κ2) is 43.7. The largest absolute Gasteiger partial charge is 2.00 e. The van der Waals surface area contributed by atoms with Gasteiger partial charge in [-0.3, -0.25) is 52.7 Å². The number of amides is 11. The standard InChI is InChI=1S/C70H119N11O13.CH3.W.Y/c1-26-51-66(89)75(19)49(18)65(88)76(20)53(35-40(4)5)62(85)74-56(43(10)11)69(92)77(21)52(34-39(2)3)61(84)71-47(16)60(83)72-48(17)64(87)78(22)54(36-41(6)7)67(90)79(23)55(37-42(8)9)68(91)80(24)57(44(12)13)70(93)81(25)58(63(86)73-51)59(82)46(15)28-27-33-94-38-50-31-29-45(14)30-32-50;;;/h29-32,39,41-44,46-49,51-59,82H,18,26-28,33-38H2,1-17,19-25H3,(H,71,84)(H,72,83)(H,73,86)(H,74,85);1H3;;/q-2;-1;+2;/t46-,47+,48-,49-,51+,52+,53+,54+,55+,56+,57+,58+,59-;;;/m1.../s1. The van der Waals surface area contributed by atoms with E-state index in [-0.39, 0.29) is 111 Å². The van der Waals surface area contributed by atoms with Gasteiger partial charge in [0.1, 0.15) is 54.4 Å². The van der Waals surface area contributed by atoms with Crippen molar-refractivity contribution >= 4 is 65.0 Å². The fourth-order valence-electron chi connectivity index (χ4n) is 11.8. The molecule has 1 saturated heterocycles. The van der Waals surface area contributed by atoms with Gasteiger partial charge in [-0.2, -0.15) is 13.8 Å². The van der Waals surface area contributed by atoms with E-state index in [1.807, 2.05) is 72.7 Å². The molecule has 1 radical (unpaired) electrons. The second-order valence-corrected chi connectivity index (χ2v) is 28.5. The average molecular weight is 1610 g/mol. The minimum Gasteiger partial charge on any atom is -0.390 e. The van der Waals surface area contributed by atoms with Gasteiger partial charge in [0.15, 0.2) is 0 Å². The number of rotatable bonds is 19. The summed E-state index contributed by atoms with van der Waals surface area (Å²) in [4.78, 5) is 171. The van der Waals surface area contributed by atoms with Crippen LogP contribution in [0.2, 0.25) is 0 Å². The topological polar surface area (TPSA) is 288 Å². The summed E-state index contributed by atoms with van der Waals surface area (Å²) in [5.41, 5.74) is 2.09. The minimum atomic E-state index is -1.67. The Balaban J connectivity index is 0. The van der Waals surface area contributed by atoms with Crippen molar-refractivity contribution in [1.29, 1.82) is 0 Å². The molecule has 1 fully saturated rings. The Hall–Kier alpha value is -4.90. The van der Waals surface area contributed by atoms with E-state index < -0.39 is 155 Å². The van der Waals surface area contributed by atoms with Gasteiger partial charge in [-0.25, -0.2) is 0 Å². The van der Waals surface area contributed by atoms with Crippen LogP contribution in [0.5, 0.6) is 0 Å². The number of nitrogens with one attached hydrogen (secondary N) is 4. The van der Waals surface area contributed by atoms with Crippen LogP contribution in [0.25, 0.3) is 0 Å². The van der Waals surface area contributed by atoms with Crippen molar-refractivity contribution < 1.29 is 116 Å². The van der Waals surface area contributed by atoms with Crippen molar-refractivity contribution in [2.45, 2.75) is 242 Å². The molecule has 0 aromatic heterocycles. The van der Waals surface area contributed by atoms with Crippen molar-refractivity contribution in [3.8, 4) is 0 Å². The summed E-state index contributed by atoms with van der Waals surface area (Å²) in [6.45, 7) is 34.5. The van der Waals surface area contributed by atoms with Gasteiger partial charge in [-0.15, -0.1) is 6.42 Å². The van der Waals surface area contributed by atoms with Crippen molar-refractivity contribution in [2.75, 3.05) is 55.9 Å². The summed E-state index contributed by atoms with van der Waals surface area (Å²) in [6, 6.07) is -6.31. The number of ether oxygens (including phenoxy) is 1. The Morgan fingerprint density at radius 1 is 0.526 bits per heavy atom. The molecular weight excluding hydrogens is 1490 g/mol. The fourth-order valence-corrected chi connectivity index (χ4v) is 11.8. The number of hydrogen-bond donors (Lipinski definition) is 5. The van der Waals surface area contributed by atoms with E-state index in [4.69, 9.17) is 4.74 Å². The van der Waals surface area contributed by atoms with Gasteiger partial charge in [-0.05, 0) is 106 Å². The zero-order chi connectivity index (χ0) is 72.2. The van der Waals surface area contributed by atoms with Gasteiger partial charge in [-0.1, -0.05) is 113 Å². The van der Waals surface area contributed by atoms with E-state index >= 15 is 19.2 Å². The quantitative estimate of drug-likeness (QED) is 0.0879. The molecule has 549 valence electrons. The number of aryl methyl sites for hydroxylation is 1. The van der Waals surface area contributed by atoms with Gasteiger partial charge >= 0.3 is 21.1 Å². The van der Waals surface area contributed by atoms with Crippen LogP contribution >= 0.6 is 0 Å². The van der Waals surface area contributed by atoms with E-state index in [0.717, 1.165) is 31.7 Å². The molecule has 1 aliphatic heterocycles. The van der Waals surface area contributed by atoms with Gasteiger partial charge in [0.05, 0.1) is 18.8 Å². The summed E-state index contributed by atoms with van der Waals surface area (Å²) >= 11 is 0. The number of benzene rings is 1. The zero-order valence-corrected chi connectivity index (χ0v) is 69.0. The molecule has 0 saturated carbocycles. The van der Waals surface area contributed by atoms with Crippen molar-refractivity contribution in [3.05, 3.63) is 55.7 Å². The molecule has 13 atom stereocenters. The van der Waals surface area contributed by atoms with Crippen LogP contribution < -0.4 is 21.3 Å². The summed E-state index contributed by atoms with van der Waals surface area (Å²) in [7, 11) is 9.82. The molecule has 0 aliphatic carbocycles. The first kappa shape index (κ1) is 94.2. The Bertz CT molecular complexity index is 2720. The van der Waals surface area contributed by atoms with Gasteiger partial charge < -0.3 is 85.7 Å². The van der Waals surface area contributed by atoms with Gasteiger partial charge in [0, 0.05) is 88.6 Å². The molecule has 11 amide bonds. The number of nitrogens with zero attached hydrogens (tertiary/aromatic N) is 7. The molecule has 1 aliphatic rings. The van der Waals surface area contributed by atoms with Crippen LogP contribution in [0.4, 0.5) is 0 Å². The molecule has 1 heterocycles. The maximum atomic E-state index is 15.4. The van der Waals surface area contributed by atoms with Gasteiger partial charge in [0.25, 0.3) is 0 Å². The molecule has 2 rings (SSSR count). The molecular formula is C71H122N11O13WY-. The molecule has 1 aromatic rings. The smallest absolute Gasteiger partial charge is 0.390 e. The first-order valence-corrected chi connectivity index (χ1v) is 33.6. The number of carbonyl (C=O) groups is 11. The molecule has 97 heavy (non-hydrogen) atoms. The van der Waals surface area contributed by atoms with Gasteiger partial charge in [0.2, 0.25) is 65.0 Å². The number of aliphatic hydroxyl groups excluding tert-OH is 1. The molecule has 0 bridgehead atoms. The Morgan fingerprint density at radius 3 is 1.44 bits per heavy atom. The first-order valence-electron chi connectivity index (χ1n) is 33.6. The maximum absolute atomic E-state index is 15.4. The number of hydrogen-bond acceptors (Lipinski definition) is 13. The summed E-state index contributed by atoms with van der Waals surface area (Å²) in [5.74, 6) is -9.39. The minimum absolute atomic E-state index is 0. The third-order valence-electron chi connectivity index (χ3n) is 17.9. The molecule has 5 N–H and O–H groups in total. The fraction of sp³-hybridized carbons (Fsp3) is 0.718. The molecule has 0 spiro atoms. The third kappa shape index (κ3) is 27.2. The van der Waals surface area contributed by atoms with Crippen molar-refractivity contribution in [3.63, 3.8) is 0 Å². The van der Waals surface area contributed by atoms with E-state index in [1.165, 1.54) is 82.8 Å². The van der Waals surface area contributed by atoms with Crippen LogP contribution in [-0.4, -0.2) is 233 Å². The zero-order valence-electron chi connectivity index (χ0n) is 63.2. The Labute approximate surface area is 621 Å². The van der Waals surface area contributed by atoms with Crippen LogP contribution in [0.3, 0.4) is 0 Å². The van der Waals surface area contributed by atoms with Crippen molar-refractivity contribution in [2.24, 2.45) is 35.5 Å². The Morgan fingerprint density at radius 2 is 0.969 bits per heavy atom. The van der Waals surface area contributed by atoms with Crippen LogP contribution in [0, 0.1) is 62.7 Å². The third-order valence-corrected chi connectivity index (χ3v) is 17.9. The molecule has 26 heteroatoms. The molecule has 1 aromatic carbocycles.